The molecule has 1 atom stereocenters. The number of aromatic nitrogens is 1. The van der Waals surface area contributed by atoms with Gasteiger partial charge in [-0.05, 0) is 43.9 Å². The largest absolute Gasteiger partial charge is 0.357 e. The molecule has 2 nitrogen and oxygen atoms in total. The summed E-state index contributed by atoms with van der Waals surface area (Å²) in [6.45, 7) is 4.89. The van der Waals surface area contributed by atoms with Crippen LogP contribution in [0.4, 0.5) is 0 Å². The quantitative estimate of drug-likeness (QED) is 0.619. The third kappa shape index (κ3) is 1.97. The number of rotatable bonds is 4. The molecular weight excluding hydrogens is 220 g/mol. The van der Waals surface area contributed by atoms with Crippen LogP contribution in [0.5, 0.6) is 0 Å². The highest BCUT2D eigenvalue weighted by Crippen LogP contribution is 2.32. The molecule has 2 heteroatoms. The number of benzene rings is 1. The monoisotopic (exact) mass is 240 g/mol. The highest BCUT2D eigenvalue weighted by Gasteiger charge is 2.22. The zero-order chi connectivity index (χ0) is 12.4. The molecule has 0 saturated heterocycles. The van der Waals surface area contributed by atoms with Crippen LogP contribution in [0, 0.1) is 0 Å². The predicted octanol–water partition coefficient (Wildman–Crippen LogP) is 3.71. The topological polar surface area (TPSA) is 27.8 Å². The molecule has 1 aromatic heterocycles. The lowest BCUT2D eigenvalue weighted by molar-refractivity contribution is 0.457. The molecule has 0 bridgehead atoms. The zero-order valence-electron chi connectivity index (χ0n) is 10.7. The first-order valence-electron chi connectivity index (χ1n) is 6.84. The number of hydrogen-bond acceptors (Lipinski definition) is 1. The lowest BCUT2D eigenvalue weighted by atomic mass is 9.96. The summed E-state index contributed by atoms with van der Waals surface area (Å²) in [6.07, 6.45) is 6.64. The minimum absolute atomic E-state index is 0.487. The van der Waals surface area contributed by atoms with Crippen LogP contribution in [0.3, 0.4) is 0 Å². The average Bonchev–Trinajstić information content (AvgIpc) is 2.79. The highest BCUT2D eigenvalue weighted by molar-refractivity contribution is 5.85. The van der Waals surface area contributed by atoms with Gasteiger partial charge in [0, 0.05) is 22.6 Å². The van der Waals surface area contributed by atoms with Gasteiger partial charge in [-0.15, -0.1) is 6.58 Å². The normalized spacial score (nSPS) is 18.8. The smallest absolute Gasteiger partial charge is 0.0476 e. The Balaban J connectivity index is 1.92. The summed E-state index contributed by atoms with van der Waals surface area (Å²) in [4.78, 5) is 3.60. The Labute approximate surface area is 108 Å². The first-order valence-corrected chi connectivity index (χ1v) is 6.84. The van der Waals surface area contributed by atoms with Gasteiger partial charge >= 0.3 is 0 Å². The minimum atomic E-state index is 0.487. The number of fused-ring (bicyclic) bond motifs is 3. The summed E-state index contributed by atoms with van der Waals surface area (Å²) in [6, 6.07) is 9.13. The molecule has 94 valence electrons. The maximum Gasteiger partial charge on any atom is 0.0476 e. The maximum atomic E-state index is 3.79. The molecule has 0 fully saturated rings. The van der Waals surface area contributed by atoms with Crippen molar-refractivity contribution in [2.24, 2.45) is 0 Å². The van der Waals surface area contributed by atoms with Crippen LogP contribution in [0.15, 0.2) is 36.9 Å². The first kappa shape index (κ1) is 11.5. The summed E-state index contributed by atoms with van der Waals surface area (Å²) >= 11 is 0. The van der Waals surface area contributed by atoms with Crippen LogP contribution in [0.2, 0.25) is 0 Å². The van der Waals surface area contributed by atoms with Gasteiger partial charge in [0.25, 0.3) is 0 Å². The maximum absolute atomic E-state index is 3.79. The average molecular weight is 240 g/mol. The molecule has 1 aromatic carbocycles. The standard InChI is InChI=1S/C16H20N2/c1-2-3-4-9-15-16-13(10-11-17-15)12-7-5-6-8-14(12)18-16/h2,5-8,15,17-18H,1,3-4,9-11H2/t15-/m1/s1. The molecule has 0 amide bonds. The van der Waals surface area contributed by atoms with Crippen molar-refractivity contribution in [3.05, 3.63) is 48.2 Å². The molecule has 2 aromatic rings. The Bertz CT molecular complexity index is 553. The van der Waals surface area contributed by atoms with Crippen LogP contribution in [0.1, 0.15) is 36.6 Å². The lowest BCUT2D eigenvalue weighted by Gasteiger charge is -2.24. The summed E-state index contributed by atoms with van der Waals surface area (Å²) in [7, 11) is 0. The summed E-state index contributed by atoms with van der Waals surface area (Å²) in [5.41, 5.74) is 4.21. The van der Waals surface area contributed by atoms with Crippen molar-refractivity contribution in [1.82, 2.24) is 10.3 Å². The number of H-pyrrole nitrogens is 1. The highest BCUT2D eigenvalue weighted by atomic mass is 15.0. The molecule has 0 aliphatic carbocycles. The third-order valence-corrected chi connectivity index (χ3v) is 3.86. The van der Waals surface area contributed by atoms with Crippen molar-refractivity contribution >= 4 is 10.9 Å². The van der Waals surface area contributed by atoms with Gasteiger partial charge in [-0.25, -0.2) is 0 Å². The van der Waals surface area contributed by atoms with Gasteiger partial charge in [0.2, 0.25) is 0 Å². The second-order valence-corrected chi connectivity index (χ2v) is 5.04. The van der Waals surface area contributed by atoms with E-state index in [0.717, 1.165) is 19.4 Å². The Hall–Kier alpha value is -1.54. The first-order chi connectivity index (χ1) is 8.90. The molecule has 2 heterocycles. The Kier molecular flexibility index (Phi) is 3.20. The molecule has 1 aliphatic heterocycles. The van der Waals surface area contributed by atoms with E-state index in [1.165, 1.54) is 35.0 Å². The Morgan fingerprint density at radius 1 is 1.33 bits per heavy atom. The number of para-hydroxylation sites is 1. The Morgan fingerprint density at radius 3 is 3.11 bits per heavy atom. The summed E-state index contributed by atoms with van der Waals surface area (Å²) in [5, 5.41) is 5.03. The molecule has 18 heavy (non-hydrogen) atoms. The van der Waals surface area contributed by atoms with E-state index in [2.05, 4.69) is 41.1 Å². The van der Waals surface area contributed by atoms with Gasteiger partial charge in [0.05, 0.1) is 0 Å². The predicted molar refractivity (Wildman–Crippen MR) is 76.8 cm³/mol. The second kappa shape index (κ2) is 4.99. The molecule has 1 aliphatic rings. The minimum Gasteiger partial charge on any atom is -0.357 e. The van der Waals surface area contributed by atoms with Crippen molar-refractivity contribution in [2.45, 2.75) is 31.7 Å². The van der Waals surface area contributed by atoms with Crippen LogP contribution < -0.4 is 5.32 Å². The van der Waals surface area contributed by atoms with Crippen molar-refractivity contribution in [3.8, 4) is 0 Å². The van der Waals surface area contributed by atoms with E-state index >= 15 is 0 Å². The van der Waals surface area contributed by atoms with E-state index in [4.69, 9.17) is 0 Å². The number of nitrogens with one attached hydrogen (secondary N) is 2. The van der Waals surface area contributed by atoms with Crippen molar-refractivity contribution < 1.29 is 0 Å². The van der Waals surface area contributed by atoms with Gasteiger partial charge in [-0.2, -0.15) is 0 Å². The zero-order valence-corrected chi connectivity index (χ0v) is 10.7. The molecule has 0 saturated carbocycles. The fourth-order valence-corrected chi connectivity index (χ4v) is 2.97. The van der Waals surface area contributed by atoms with Crippen molar-refractivity contribution in [1.29, 1.82) is 0 Å². The molecular formula is C16H20N2. The third-order valence-electron chi connectivity index (χ3n) is 3.86. The van der Waals surface area contributed by atoms with E-state index < -0.39 is 0 Å². The van der Waals surface area contributed by atoms with Gasteiger partial charge in [-0.3, -0.25) is 0 Å². The fraction of sp³-hybridized carbons (Fsp3) is 0.375. The number of hydrogen-bond donors (Lipinski definition) is 2. The van der Waals surface area contributed by atoms with Crippen LogP contribution in [-0.2, 0) is 6.42 Å². The summed E-state index contributed by atoms with van der Waals surface area (Å²) in [5.74, 6) is 0. The molecule has 0 unspecified atom stereocenters. The SMILES string of the molecule is C=CCCC[C@H]1NCCc2c1[nH]c1ccccc21. The van der Waals surface area contributed by atoms with Crippen LogP contribution in [-0.4, -0.2) is 11.5 Å². The van der Waals surface area contributed by atoms with Crippen LogP contribution >= 0.6 is 0 Å². The number of unbranched alkanes of at least 4 members (excludes halogenated alkanes) is 1. The van der Waals surface area contributed by atoms with E-state index in [1.54, 1.807) is 0 Å². The van der Waals surface area contributed by atoms with E-state index in [1.807, 2.05) is 6.08 Å². The molecule has 2 N–H and O–H groups in total. The number of allylic oxidation sites excluding steroid dienone is 1. The lowest BCUT2D eigenvalue weighted by Crippen LogP contribution is -2.29. The van der Waals surface area contributed by atoms with Crippen molar-refractivity contribution in [3.63, 3.8) is 0 Å². The van der Waals surface area contributed by atoms with Crippen molar-refractivity contribution in [2.75, 3.05) is 6.54 Å². The van der Waals surface area contributed by atoms with Gasteiger partial charge in [-0.1, -0.05) is 24.3 Å². The molecule has 3 rings (SSSR count). The van der Waals surface area contributed by atoms with Gasteiger partial charge in [0.1, 0.15) is 0 Å². The Morgan fingerprint density at radius 2 is 2.22 bits per heavy atom. The van der Waals surface area contributed by atoms with E-state index in [0.29, 0.717) is 6.04 Å². The van der Waals surface area contributed by atoms with Crippen LogP contribution in [0.25, 0.3) is 10.9 Å². The van der Waals surface area contributed by atoms with Gasteiger partial charge < -0.3 is 10.3 Å². The van der Waals surface area contributed by atoms with E-state index in [9.17, 15) is 0 Å². The fourth-order valence-electron chi connectivity index (χ4n) is 2.97. The summed E-state index contributed by atoms with van der Waals surface area (Å²) < 4.78 is 0. The second-order valence-electron chi connectivity index (χ2n) is 5.04. The van der Waals surface area contributed by atoms with E-state index in [-0.39, 0.29) is 0 Å². The molecule has 0 radical (unpaired) electrons. The number of aromatic amines is 1. The molecule has 0 spiro atoms. The van der Waals surface area contributed by atoms with Gasteiger partial charge in [0.15, 0.2) is 0 Å².